The van der Waals surface area contributed by atoms with Crippen molar-refractivity contribution in [2.24, 2.45) is 0 Å². The Morgan fingerprint density at radius 2 is 2.00 bits per heavy atom. The number of nitrogens with zero attached hydrogens (tertiary/aromatic N) is 4. The number of imidazole rings is 1. The number of hydrogen-bond donors (Lipinski definition) is 1. The van der Waals surface area contributed by atoms with Gasteiger partial charge in [0.2, 0.25) is 0 Å². The molecule has 2 aromatic carbocycles. The molecule has 4 aromatic rings. The zero-order valence-corrected chi connectivity index (χ0v) is 14.5. The van der Waals surface area contributed by atoms with Gasteiger partial charge in [-0.1, -0.05) is 36.4 Å². The highest BCUT2D eigenvalue weighted by Gasteiger charge is 2.33. The van der Waals surface area contributed by atoms with E-state index in [1.165, 1.54) is 6.33 Å². The van der Waals surface area contributed by atoms with Gasteiger partial charge in [-0.15, -0.1) is 0 Å². The van der Waals surface area contributed by atoms with E-state index in [0.29, 0.717) is 31.0 Å². The Labute approximate surface area is 155 Å². The standard InChI is InChI=1S/C20H17N5O2/c26-15-8-14(10-27-17-7-3-5-13-4-1-2-6-16(13)17)25(9-15)20-18-19(22-11-21-18)23-12-24-20/h1-7,11-12,14H,8-10H2,(H,21,22,23,24)/t14-/m1/s1. The molecule has 134 valence electrons. The minimum absolute atomic E-state index is 0.0853. The fourth-order valence-electron chi connectivity index (χ4n) is 3.63. The maximum atomic E-state index is 12.2. The van der Waals surface area contributed by atoms with Gasteiger partial charge in [0.05, 0.1) is 18.9 Å². The molecule has 1 fully saturated rings. The minimum Gasteiger partial charge on any atom is -0.491 e. The molecule has 27 heavy (non-hydrogen) atoms. The van der Waals surface area contributed by atoms with Crippen LogP contribution in [-0.2, 0) is 4.79 Å². The minimum atomic E-state index is -0.0853. The Balaban J connectivity index is 1.43. The number of ether oxygens (including phenoxy) is 1. The van der Waals surface area contributed by atoms with Crippen LogP contribution in [0.4, 0.5) is 5.82 Å². The molecule has 0 unspecified atom stereocenters. The van der Waals surface area contributed by atoms with Crippen LogP contribution in [0, 0.1) is 0 Å². The number of aromatic nitrogens is 4. The Morgan fingerprint density at radius 3 is 2.96 bits per heavy atom. The van der Waals surface area contributed by atoms with Crippen LogP contribution in [0.5, 0.6) is 5.75 Å². The number of carbonyl (C=O) groups excluding carboxylic acids is 1. The van der Waals surface area contributed by atoms with Gasteiger partial charge in [0.15, 0.2) is 17.2 Å². The van der Waals surface area contributed by atoms with Crippen LogP contribution in [0.3, 0.4) is 0 Å². The van der Waals surface area contributed by atoms with Crippen molar-refractivity contribution >= 4 is 33.5 Å². The number of nitrogens with one attached hydrogen (secondary N) is 1. The third-order valence-corrected chi connectivity index (χ3v) is 4.91. The van der Waals surface area contributed by atoms with Gasteiger partial charge in [-0.05, 0) is 11.5 Å². The summed E-state index contributed by atoms with van der Waals surface area (Å²) in [6, 6.07) is 14.0. The predicted octanol–water partition coefficient (Wildman–Crippen LogP) is 2.73. The Morgan fingerprint density at radius 1 is 1.11 bits per heavy atom. The number of benzene rings is 2. The highest BCUT2D eigenvalue weighted by molar-refractivity contribution is 5.92. The van der Waals surface area contributed by atoms with Gasteiger partial charge in [0.1, 0.15) is 24.2 Å². The lowest BCUT2D eigenvalue weighted by atomic mass is 10.1. The summed E-state index contributed by atoms with van der Waals surface area (Å²) >= 11 is 0. The van der Waals surface area contributed by atoms with E-state index in [0.717, 1.165) is 22.0 Å². The van der Waals surface area contributed by atoms with Gasteiger partial charge < -0.3 is 14.6 Å². The van der Waals surface area contributed by atoms with E-state index in [4.69, 9.17) is 4.74 Å². The summed E-state index contributed by atoms with van der Waals surface area (Å²) in [7, 11) is 0. The Bertz CT molecular complexity index is 1130. The number of H-pyrrole nitrogens is 1. The molecule has 7 heteroatoms. The Hall–Kier alpha value is -3.48. The number of fused-ring (bicyclic) bond motifs is 2. The van der Waals surface area contributed by atoms with Crippen molar-refractivity contribution in [2.45, 2.75) is 12.5 Å². The van der Waals surface area contributed by atoms with Crippen LogP contribution < -0.4 is 9.64 Å². The van der Waals surface area contributed by atoms with Crippen molar-refractivity contribution in [3.63, 3.8) is 0 Å². The number of Topliss-reactive ketones (excluding diaryl/α,β-unsaturated/α-hetero) is 1. The molecule has 2 aromatic heterocycles. The first-order chi connectivity index (χ1) is 13.3. The quantitative estimate of drug-likeness (QED) is 0.603. The van der Waals surface area contributed by atoms with Crippen molar-refractivity contribution in [3.8, 4) is 5.75 Å². The molecule has 0 amide bonds. The van der Waals surface area contributed by atoms with Gasteiger partial charge in [0.25, 0.3) is 0 Å². The lowest BCUT2D eigenvalue weighted by Crippen LogP contribution is -2.35. The molecule has 7 nitrogen and oxygen atoms in total. The molecular weight excluding hydrogens is 342 g/mol. The second-order valence-electron chi connectivity index (χ2n) is 6.61. The average molecular weight is 359 g/mol. The van der Waals surface area contributed by atoms with Crippen LogP contribution in [0.2, 0.25) is 0 Å². The molecule has 3 heterocycles. The van der Waals surface area contributed by atoms with Crippen molar-refractivity contribution in [1.29, 1.82) is 0 Å². The number of hydrogen-bond acceptors (Lipinski definition) is 6. The van der Waals surface area contributed by atoms with Gasteiger partial charge in [-0.2, -0.15) is 0 Å². The van der Waals surface area contributed by atoms with Gasteiger partial charge >= 0.3 is 0 Å². The third kappa shape index (κ3) is 2.77. The summed E-state index contributed by atoms with van der Waals surface area (Å²) in [5.74, 6) is 1.68. The van der Waals surface area contributed by atoms with Crippen LogP contribution in [-0.4, -0.2) is 44.9 Å². The van der Waals surface area contributed by atoms with E-state index in [2.05, 4.69) is 32.1 Å². The van der Waals surface area contributed by atoms with Crippen LogP contribution in [0.1, 0.15) is 6.42 Å². The monoisotopic (exact) mass is 359 g/mol. The first-order valence-electron chi connectivity index (χ1n) is 8.82. The molecule has 1 aliphatic heterocycles. The van der Waals surface area contributed by atoms with Gasteiger partial charge in [-0.25, -0.2) is 15.0 Å². The lowest BCUT2D eigenvalue weighted by Gasteiger charge is -2.25. The van der Waals surface area contributed by atoms with E-state index >= 15 is 0 Å². The molecule has 1 aliphatic rings. The predicted molar refractivity (Wildman–Crippen MR) is 102 cm³/mol. The zero-order valence-electron chi connectivity index (χ0n) is 14.5. The van der Waals surface area contributed by atoms with Crippen molar-refractivity contribution < 1.29 is 9.53 Å². The van der Waals surface area contributed by atoms with Crippen LogP contribution in [0.15, 0.2) is 55.1 Å². The fraction of sp³-hybridized carbons (Fsp3) is 0.200. The normalized spacial score (nSPS) is 17.1. The second kappa shape index (κ2) is 6.35. The van der Waals surface area contributed by atoms with E-state index in [1.807, 2.05) is 35.2 Å². The summed E-state index contributed by atoms with van der Waals surface area (Å²) in [5, 5.41) is 2.19. The molecule has 1 saturated heterocycles. The molecule has 0 spiro atoms. The lowest BCUT2D eigenvalue weighted by molar-refractivity contribution is -0.116. The molecule has 1 N–H and O–H groups in total. The summed E-state index contributed by atoms with van der Waals surface area (Å²) < 4.78 is 6.13. The number of anilines is 1. The van der Waals surface area contributed by atoms with Gasteiger partial charge in [-0.3, -0.25) is 4.79 Å². The van der Waals surface area contributed by atoms with E-state index in [9.17, 15) is 4.79 Å². The van der Waals surface area contributed by atoms with Gasteiger partial charge in [0, 0.05) is 11.8 Å². The maximum Gasteiger partial charge on any atom is 0.182 e. The fourth-order valence-corrected chi connectivity index (χ4v) is 3.63. The molecule has 0 bridgehead atoms. The third-order valence-electron chi connectivity index (χ3n) is 4.91. The number of aromatic amines is 1. The number of ketones is 1. The largest absolute Gasteiger partial charge is 0.491 e. The van der Waals surface area contributed by atoms with Crippen molar-refractivity contribution in [3.05, 3.63) is 55.1 Å². The summed E-state index contributed by atoms with van der Waals surface area (Å²) in [6.45, 7) is 0.716. The van der Waals surface area contributed by atoms with E-state index < -0.39 is 0 Å². The van der Waals surface area contributed by atoms with Crippen LogP contribution in [0.25, 0.3) is 21.9 Å². The zero-order chi connectivity index (χ0) is 18.2. The van der Waals surface area contributed by atoms with Crippen molar-refractivity contribution in [1.82, 2.24) is 19.9 Å². The number of carbonyl (C=O) groups is 1. The average Bonchev–Trinajstić information content (AvgIpc) is 3.32. The first kappa shape index (κ1) is 15.7. The molecule has 1 atom stereocenters. The molecule has 5 rings (SSSR count). The molecular formula is C20H17N5O2. The molecule has 0 saturated carbocycles. The molecule has 0 aliphatic carbocycles. The molecule has 0 radical (unpaired) electrons. The second-order valence-corrected chi connectivity index (χ2v) is 6.61. The summed E-state index contributed by atoms with van der Waals surface area (Å²) in [4.78, 5) is 29.9. The van der Waals surface area contributed by atoms with Crippen molar-refractivity contribution in [2.75, 3.05) is 18.1 Å². The van der Waals surface area contributed by atoms with E-state index in [1.54, 1.807) is 6.33 Å². The highest BCUT2D eigenvalue weighted by atomic mass is 16.5. The highest BCUT2D eigenvalue weighted by Crippen LogP contribution is 2.29. The van der Waals surface area contributed by atoms with E-state index in [-0.39, 0.29) is 11.8 Å². The maximum absolute atomic E-state index is 12.2. The topological polar surface area (TPSA) is 84.0 Å². The number of rotatable bonds is 4. The first-order valence-corrected chi connectivity index (χ1v) is 8.82. The smallest absolute Gasteiger partial charge is 0.182 e. The SMILES string of the molecule is O=C1C[C@H](COc2cccc3ccccc23)N(c2ncnc3nc[nH]c23)C1. The Kier molecular flexibility index (Phi) is 3.71. The summed E-state index contributed by atoms with van der Waals surface area (Å²) in [6.07, 6.45) is 3.50. The van der Waals surface area contributed by atoms with Crippen LogP contribution >= 0.6 is 0 Å². The summed E-state index contributed by atoms with van der Waals surface area (Å²) in [5.41, 5.74) is 1.33.